The minimum absolute atomic E-state index is 0.0725. The highest BCUT2D eigenvalue weighted by molar-refractivity contribution is 5.46. The number of nitrogens with two attached hydrogens (primary N) is 1. The largest absolute Gasteiger partial charge is 0.416 e. The van der Waals surface area contributed by atoms with E-state index in [2.05, 4.69) is 0 Å². The summed E-state index contributed by atoms with van der Waals surface area (Å²) in [5.41, 5.74) is 4.94. The van der Waals surface area contributed by atoms with Gasteiger partial charge in [0.05, 0.1) is 5.56 Å². The second-order valence-corrected chi connectivity index (χ2v) is 4.68. The second-order valence-electron chi connectivity index (χ2n) is 4.68. The summed E-state index contributed by atoms with van der Waals surface area (Å²) in [6, 6.07) is 3.77. The number of anilines is 1. The van der Waals surface area contributed by atoms with Gasteiger partial charge in [-0.3, -0.25) is 4.90 Å². The van der Waals surface area contributed by atoms with Gasteiger partial charge >= 0.3 is 6.18 Å². The maximum absolute atomic E-state index is 13.0. The molecule has 1 aliphatic rings. The van der Waals surface area contributed by atoms with Gasteiger partial charge in [-0.25, -0.2) is 0 Å². The maximum Gasteiger partial charge on any atom is 0.416 e. The standard InChI is InChI=1S/C13H18F3N3/c1-18-4-6-19(7-5-18)9-10-2-3-11(17)8-12(10)13(14,15)16/h2-3,8H,4-7,9,17H2,1H3/i1D3. The maximum atomic E-state index is 13.0. The average molecular weight is 276 g/mol. The Morgan fingerprint density at radius 1 is 1.26 bits per heavy atom. The number of nitrogens with zero attached hydrogens (tertiary/aromatic N) is 2. The van der Waals surface area contributed by atoms with Crippen LogP contribution in [0.5, 0.6) is 0 Å². The molecule has 0 unspecified atom stereocenters. The summed E-state index contributed by atoms with van der Waals surface area (Å²) >= 11 is 0. The van der Waals surface area contributed by atoms with E-state index in [4.69, 9.17) is 9.85 Å². The number of hydrogen-bond acceptors (Lipinski definition) is 3. The van der Waals surface area contributed by atoms with Gasteiger partial charge in [-0.05, 0) is 24.7 Å². The lowest BCUT2D eigenvalue weighted by molar-refractivity contribution is -0.138. The number of piperazine rings is 1. The number of likely N-dealkylation sites (N-methyl/N-ethyl adjacent to an activating group) is 1. The lowest BCUT2D eigenvalue weighted by atomic mass is 10.1. The Morgan fingerprint density at radius 3 is 2.53 bits per heavy atom. The predicted octanol–water partition coefficient (Wildman–Crippen LogP) is 2.04. The van der Waals surface area contributed by atoms with Gasteiger partial charge in [-0.1, -0.05) is 6.07 Å². The number of benzene rings is 1. The highest BCUT2D eigenvalue weighted by Crippen LogP contribution is 2.33. The number of hydrogen-bond donors (Lipinski definition) is 1. The van der Waals surface area contributed by atoms with E-state index in [1.807, 2.05) is 4.90 Å². The molecule has 6 heteroatoms. The average Bonchev–Trinajstić information content (AvgIpc) is 2.39. The molecule has 1 fully saturated rings. The van der Waals surface area contributed by atoms with Crippen LogP contribution >= 0.6 is 0 Å². The van der Waals surface area contributed by atoms with Crippen molar-refractivity contribution in [3.8, 4) is 0 Å². The van der Waals surface area contributed by atoms with Gasteiger partial charge in [0.15, 0.2) is 0 Å². The summed E-state index contributed by atoms with van der Waals surface area (Å²) in [6.45, 7) is -0.561. The zero-order chi connectivity index (χ0) is 16.5. The van der Waals surface area contributed by atoms with Crippen molar-refractivity contribution in [2.45, 2.75) is 12.7 Å². The van der Waals surface area contributed by atoms with Crippen molar-refractivity contribution >= 4 is 5.69 Å². The first-order chi connectivity index (χ1) is 10.1. The molecule has 0 spiro atoms. The molecule has 2 rings (SSSR count). The van der Waals surface area contributed by atoms with Gasteiger partial charge in [0.25, 0.3) is 0 Å². The van der Waals surface area contributed by atoms with Crippen LogP contribution in [0.2, 0.25) is 0 Å². The van der Waals surface area contributed by atoms with E-state index in [0.29, 0.717) is 26.2 Å². The smallest absolute Gasteiger partial charge is 0.399 e. The Labute approximate surface area is 115 Å². The Balaban J connectivity index is 2.07. The molecule has 2 N–H and O–H groups in total. The van der Waals surface area contributed by atoms with Crippen molar-refractivity contribution in [2.24, 2.45) is 0 Å². The first kappa shape index (κ1) is 10.5. The number of rotatable bonds is 2. The van der Waals surface area contributed by atoms with Gasteiger partial charge in [0.1, 0.15) is 0 Å². The van der Waals surface area contributed by atoms with Crippen molar-refractivity contribution in [1.29, 1.82) is 0 Å². The fourth-order valence-corrected chi connectivity index (χ4v) is 2.14. The van der Waals surface area contributed by atoms with Crippen LogP contribution in [0.1, 0.15) is 15.2 Å². The first-order valence-electron chi connectivity index (χ1n) is 7.50. The first-order valence-corrected chi connectivity index (χ1v) is 6.00. The van der Waals surface area contributed by atoms with E-state index in [-0.39, 0.29) is 17.8 Å². The zero-order valence-electron chi connectivity index (χ0n) is 13.4. The summed E-state index contributed by atoms with van der Waals surface area (Å²) in [7, 11) is 0. The zero-order valence-corrected chi connectivity index (χ0v) is 10.4. The minimum atomic E-state index is -4.45. The van der Waals surface area contributed by atoms with E-state index < -0.39 is 18.7 Å². The van der Waals surface area contributed by atoms with E-state index in [1.54, 1.807) is 0 Å². The predicted molar refractivity (Wildman–Crippen MR) is 68.6 cm³/mol. The van der Waals surface area contributed by atoms with Crippen LogP contribution in [-0.4, -0.2) is 43.0 Å². The highest BCUT2D eigenvalue weighted by Gasteiger charge is 2.33. The number of alkyl halides is 3. The topological polar surface area (TPSA) is 32.5 Å². The molecule has 1 aromatic rings. The molecular formula is C13H18F3N3. The summed E-state index contributed by atoms with van der Waals surface area (Å²) in [4.78, 5) is 3.18. The molecule has 0 saturated carbocycles. The lowest BCUT2D eigenvalue weighted by Gasteiger charge is -2.32. The number of halogens is 3. The molecule has 0 radical (unpaired) electrons. The summed E-state index contributed by atoms with van der Waals surface area (Å²) in [6.07, 6.45) is -4.45. The van der Waals surface area contributed by atoms with Crippen molar-refractivity contribution in [3.63, 3.8) is 0 Å². The summed E-state index contributed by atoms with van der Waals surface area (Å²) in [5.74, 6) is 0. The van der Waals surface area contributed by atoms with Crippen molar-refractivity contribution in [1.82, 2.24) is 9.80 Å². The van der Waals surface area contributed by atoms with E-state index in [1.165, 1.54) is 17.0 Å². The Morgan fingerprint density at radius 2 is 1.95 bits per heavy atom. The van der Waals surface area contributed by atoms with Crippen molar-refractivity contribution in [3.05, 3.63) is 29.3 Å². The SMILES string of the molecule is [2H]C([2H])([2H])N1CCN(Cc2ccc(N)cc2C(F)(F)F)CC1. The third-order valence-electron chi connectivity index (χ3n) is 3.21. The lowest BCUT2D eigenvalue weighted by Crippen LogP contribution is -2.44. The summed E-state index contributed by atoms with van der Waals surface area (Å²) < 4.78 is 61.1. The van der Waals surface area contributed by atoms with E-state index in [0.717, 1.165) is 6.07 Å². The van der Waals surface area contributed by atoms with Gasteiger partial charge in [0, 0.05) is 42.5 Å². The molecular weight excluding hydrogens is 255 g/mol. The quantitative estimate of drug-likeness (QED) is 0.839. The number of nitrogen functional groups attached to an aromatic ring is 1. The fraction of sp³-hybridized carbons (Fsp3) is 0.538. The molecule has 0 aliphatic carbocycles. The molecule has 3 nitrogen and oxygen atoms in total. The van der Waals surface area contributed by atoms with Gasteiger partial charge in [0.2, 0.25) is 0 Å². The van der Waals surface area contributed by atoms with Gasteiger partial charge in [-0.2, -0.15) is 13.2 Å². The third-order valence-corrected chi connectivity index (χ3v) is 3.21. The van der Waals surface area contributed by atoms with Crippen LogP contribution < -0.4 is 5.73 Å². The molecule has 0 aromatic heterocycles. The minimum Gasteiger partial charge on any atom is -0.399 e. The van der Waals surface area contributed by atoms with E-state index in [9.17, 15) is 13.2 Å². The second kappa shape index (κ2) is 5.38. The molecule has 0 amide bonds. The molecule has 0 bridgehead atoms. The summed E-state index contributed by atoms with van der Waals surface area (Å²) in [5, 5.41) is 0. The molecule has 106 valence electrons. The third kappa shape index (κ3) is 3.61. The van der Waals surface area contributed by atoms with Crippen LogP contribution in [0, 0.1) is 0 Å². The molecule has 0 atom stereocenters. The molecule has 1 saturated heterocycles. The highest BCUT2D eigenvalue weighted by atomic mass is 19.4. The molecule has 1 heterocycles. The molecule has 1 aliphatic heterocycles. The van der Waals surface area contributed by atoms with Crippen LogP contribution in [-0.2, 0) is 12.7 Å². The van der Waals surface area contributed by atoms with E-state index >= 15 is 0 Å². The van der Waals surface area contributed by atoms with Crippen LogP contribution in [0.25, 0.3) is 0 Å². The van der Waals surface area contributed by atoms with Crippen LogP contribution in [0.3, 0.4) is 0 Å². The monoisotopic (exact) mass is 276 g/mol. The van der Waals surface area contributed by atoms with Crippen molar-refractivity contribution in [2.75, 3.05) is 38.9 Å². The van der Waals surface area contributed by atoms with Gasteiger partial charge < -0.3 is 10.6 Å². The van der Waals surface area contributed by atoms with Crippen molar-refractivity contribution < 1.29 is 17.3 Å². The molecule has 1 aromatic carbocycles. The normalized spacial score (nSPS) is 21.7. The Bertz CT molecular complexity index is 523. The van der Waals surface area contributed by atoms with Crippen LogP contribution in [0.15, 0.2) is 18.2 Å². The fourth-order valence-electron chi connectivity index (χ4n) is 2.14. The molecule has 19 heavy (non-hydrogen) atoms. The Kier molecular flexibility index (Phi) is 2.98. The van der Waals surface area contributed by atoms with Gasteiger partial charge in [-0.15, -0.1) is 0 Å². The Hall–Kier alpha value is -1.27. The van der Waals surface area contributed by atoms with Crippen LogP contribution in [0.4, 0.5) is 18.9 Å².